The molecule has 0 radical (unpaired) electrons. The first kappa shape index (κ1) is 9.07. The van der Waals surface area contributed by atoms with E-state index in [0.717, 1.165) is 17.1 Å². The minimum Gasteiger partial charge on any atom is -0.346 e. The Bertz CT molecular complexity index is 381. The molecule has 0 saturated heterocycles. The maximum atomic E-state index is 4.40. The normalized spacial score (nSPS) is 10.4. The third kappa shape index (κ3) is 2.05. The zero-order chi connectivity index (χ0) is 9.80. The van der Waals surface area contributed by atoms with Gasteiger partial charge in [-0.25, -0.2) is 4.98 Å². The molecule has 2 rings (SSSR count). The van der Waals surface area contributed by atoms with Gasteiger partial charge in [0.25, 0.3) is 5.95 Å². The van der Waals surface area contributed by atoms with Crippen LogP contribution in [-0.2, 0) is 13.0 Å². The molecule has 0 amide bonds. The van der Waals surface area contributed by atoms with Gasteiger partial charge in [-0.3, -0.25) is 0 Å². The van der Waals surface area contributed by atoms with E-state index >= 15 is 0 Å². The van der Waals surface area contributed by atoms with Crippen LogP contribution in [0.3, 0.4) is 0 Å². The first-order chi connectivity index (χ1) is 6.88. The highest BCUT2D eigenvalue weighted by atomic mass is 32.1. The number of hydrogen-bond donors (Lipinski definition) is 2. The summed E-state index contributed by atoms with van der Waals surface area (Å²) >= 11 is 1.67. The summed E-state index contributed by atoms with van der Waals surface area (Å²) in [5, 5.41) is 19.6. The van der Waals surface area contributed by atoms with Gasteiger partial charge in [0.15, 0.2) is 0 Å². The molecule has 7 heteroatoms. The second-order valence-electron chi connectivity index (χ2n) is 2.68. The minimum absolute atomic E-state index is 0.496. The van der Waals surface area contributed by atoms with Crippen molar-refractivity contribution < 1.29 is 0 Å². The molecule has 0 aliphatic rings. The average molecular weight is 210 g/mol. The van der Waals surface area contributed by atoms with Crippen molar-refractivity contribution >= 4 is 17.3 Å². The van der Waals surface area contributed by atoms with Crippen molar-refractivity contribution in [2.24, 2.45) is 0 Å². The molecule has 74 valence electrons. The summed E-state index contributed by atoms with van der Waals surface area (Å²) < 4.78 is 0. The smallest absolute Gasteiger partial charge is 0.263 e. The van der Waals surface area contributed by atoms with E-state index in [1.54, 1.807) is 11.3 Å². The van der Waals surface area contributed by atoms with Crippen LogP contribution < -0.4 is 5.32 Å². The molecule has 2 aromatic heterocycles. The highest BCUT2D eigenvalue weighted by Crippen LogP contribution is 2.10. The summed E-state index contributed by atoms with van der Waals surface area (Å²) in [7, 11) is 0. The molecule has 2 aromatic rings. The van der Waals surface area contributed by atoms with E-state index in [1.807, 2.05) is 5.38 Å². The van der Waals surface area contributed by atoms with Crippen LogP contribution in [0.25, 0.3) is 0 Å². The summed E-state index contributed by atoms with van der Waals surface area (Å²) in [4.78, 5) is 4.40. The van der Waals surface area contributed by atoms with Gasteiger partial charge in [0.1, 0.15) is 0 Å². The molecule has 0 fully saturated rings. The molecular formula is C7H10N6S. The van der Waals surface area contributed by atoms with E-state index < -0.39 is 0 Å². The molecule has 0 aromatic carbocycles. The standard InChI is InChI=1S/C7H10N6S/c1-2-6-9-5(4-14-6)3-8-7-10-12-13-11-7/h4H,2-3H2,1H3,(H2,8,10,11,12,13). The van der Waals surface area contributed by atoms with Gasteiger partial charge < -0.3 is 5.32 Å². The third-order valence-corrected chi connectivity index (χ3v) is 2.72. The van der Waals surface area contributed by atoms with Gasteiger partial charge in [-0.2, -0.15) is 5.21 Å². The lowest BCUT2D eigenvalue weighted by Crippen LogP contribution is -2.01. The maximum Gasteiger partial charge on any atom is 0.263 e. The lowest BCUT2D eigenvalue weighted by Gasteiger charge is -1.95. The molecule has 0 atom stereocenters. The molecule has 0 aliphatic carbocycles. The van der Waals surface area contributed by atoms with Crippen molar-refractivity contribution in [2.45, 2.75) is 19.9 Å². The average Bonchev–Trinajstić information content (AvgIpc) is 2.86. The molecule has 0 unspecified atom stereocenters. The highest BCUT2D eigenvalue weighted by molar-refractivity contribution is 7.09. The fraction of sp³-hybridized carbons (Fsp3) is 0.429. The number of aromatic amines is 1. The molecule has 0 bridgehead atoms. The van der Waals surface area contributed by atoms with Gasteiger partial charge >= 0.3 is 0 Å². The van der Waals surface area contributed by atoms with E-state index in [0.29, 0.717) is 12.5 Å². The zero-order valence-corrected chi connectivity index (χ0v) is 8.51. The summed E-state index contributed by atoms with van der Waals surface area (Å²) in [6.45, 7) is 2.73. The van der Waals surface area contributed by atoms with Gasteiger partial charge in [0.2, 0.25) is 0 Å². The van der Waals surface area contributed by atoms with Gasteiger partial charge in [-0.05, 0) is 11.6 Å². The Morgan fingerprint density at radius 3 is 3.14 bits per heavy atom. The number of aromatic nitrogens is 5. The van der Waals surface area contributed by atoms with Crippen molar-refractivity contribution in [1.82, 2.24) is 25.6 Å². The van der Waals surface area contributed by atoms with E-state index in [1.165, 1.54) is 0 Å². The predicted octanol–water partition coefficient (Wildman–Crippen LogP) is 0.831. The highest BCUT2D eigenvalue weighted by Gasteiger charge is 2.01. The molecule has 0 aliphatic heterocycles. The first-order valence-corrected chi connectivity index (χ1v) is 5.17. The van der Waals surface area contributed by atoms with Crippen LogP contribution in [0.15, 0.2) is 5.38 Å². The zero-order valence-electron chi connectivity index (χ0n) is 7.69. The fourth-order valence-corrected chi connectivity index (χ4v) is 1.74. The van der Waals surface area contributed by atoms with Crippen LogP contribution in [0.2, 0.25) is 0 Å². The topological polar surface area (TPSA) is 79.4 Å². The second-order valence-corrected chi connectivity index (χ2v) is 3.62. The Morgan fingerprint density at radius 1 is 1.57 bits per heavy atom. The van der Waals surface area contributed by atoms with Crippen molar-refractivity contribution in [3.8, 4) is 0 Å². The van der Waals surface area contributed by atoms with Crippen molar-refractivity contribution in [3.63, 3.8) is 0 Å². The van der Waals surface area contributed by atoms with E-state index in [4.69, 9.17) is 0 Å². The number of nitrogens with one attached hydrogen (secondary N) is 2. The number of thiazole rings is 1. The predicted molar refractivity (Wildman–Crippen MR) is 53.0 cm³/mol. The third-order valence-electron chi connectivity index (χ3n) is 1.67. The summed E-state index contributed by atoms with van der Waals surface area (Å²) in [6.07, 6.45) is 0.979. The molecule has 6 nitrogen and oxygen atoms in total. The lowest BCUT2D eigenvalue weighted by atomic mass is 10.4. The number of nitrogens with zero attached hydrogens (tertiary/aromatic N) is 4. The lowest BCUT2D eigenvalue weighted by molar-refractivity contribution is 0.881. The number of anilines is 1. The van der Waals surface area contributed by atoms with E-state index in [2.05, 4.69) is 37.8 Å². The Balaban J connectivity index is 1.92. The fourth-order valence-electron chi connectivity index (χ4n) is 0.999. The Morgan fingerprint density at radius 2 is 2.50 bits per heavy atom. The Kier molecular flexibility index (Phi) is 2.68. The SMILES string of the molecule is CCc1nc(CNc2nn[nH]n2)cs1. The monoisotopic (exact) mass is 210 g/mol. The quantitative estimate of drug-likeness (QED) is 0.781. The molecule has 0 saturated carbocycles. The summed E-state index contributed by atoms with van der Waals surface area (Å²) in [5.41, 5.74) is 1.01. The van der Waals surface area contributed by atoms with Crippen molar-refractivity contribution in [3.05, 3.63) is 16.1 Å². The summed E-state index contributed by atoms with van der Waals surface area (Å²) in [5.74, 6) is 0.496. The second kappa shape index (κ2) is 4.14. The van der Waals surface area contributed by atoms with Crippen LogP contribution in [0.4, 0.5) is 5.95 Å². The van der Waals surface area contributed by atoms with Crippen molar-refractivity contribution in [2.75, 3.05) is 5.32 Å². The van der Waals surface area contributed by atoms with E-state index in [-0.39, 0.29) is 0 Å². The van der Waals surface area contributed by atoms with Crippen LogP contribution >= 0.6 is 11.3 Å². The largest absolute Gasteiger partial charge is 0.346 e. The maximum absolute atomic E-state index is 4.40. The number of tetrazole rings is 1. The van der Waals surface area contributed by atoms with Crippen LogP contribution in [0.5, 0.6) is 0 Å². The molecule has 2 heterocycles. The summed E-state index contributed by atoms with van der Waals surface area (Å²) in [6, 6.07) is 0. The van der Waals surface area contributed by atoms with Crippen LogP contribution in [0.1, 0.15) is 17.6 Å². The number of H-pyrrole nitrogens is 1. The molecular weight excluding hydrogens is 200 g/mol. The van der Waals surface area contributed by atoms with Crippen LogP contribution in [0, 0.1) is 0 Å². The first-order valence-electron chi connectivity index (χ1n) is 4.29. The minimum atomic E-state index is 0.496. The van der Waals surface area contributed by atoms with Gasteiger partial charge in [0.05, 0.1) is 17.2 Å². The van der Waals surface area contributed by atoms with Crippen LogP contribution in [-0.4, -0.2) is 25.6 Å². The molecule has 14 heavy (non-hydrogen) atoms. The Hall–Kier alpha value is -1.50. The number of rotatable bonds is 4. The molecule has 0 spiro atoms. The number of aryl methyl sites for hydroxylation is 1. The van der Waals surface area contributed by atoms with Gasteiger partial charge in [0, 0.05) is 5.38 Å². The van der Waals surface area contributed by atoms with E-state index in [9.17, 15) is 0 Å². The van der Waals surface area contributed by atoms with Crippen molar-refractivity contribution in [1.29, 1.82) is 0 Å². The van der Waals surface area contributed by atoms with Gasteiger partial charge in [-0.1, -0.05) is 12.0 Å². The molecule has 2 N–H and O–H groups in total. The Labute approximate surface area is 84.8 Å². The van der Waals surface area contributed by atoms with Gasteiger partial charge in [-0.15, -0.1) is 16.4 Å². The number of hydrogen-bond acceptors (Lipinski definition) is 6.